The molecule has 0 heterocycles. The molecule has 3 nitrogen and oxygen atoms in total. The van der Waals surface area contributed by atoms with Gasteiger partial charge < -0.3 is 10.4 Å². The van der Waals surface area contributed by atoms with Crippen LogP contribution in [0.3, 0.4) is 0 Å². The van der Waals surface area contributed by atoms with Crippen molar-refractivity contribution in [1.82, 2.24) is 0 Å². The third kappa shape index (κ3) is 2.92. The molecule has 2 N–H and O–H groups in total. The van der Waals surface area contributed by atoms with E-state index >= 15 is 0 Å². The van der Waals surface area contributed by atoms with Crippen molar-refractivity contribution in [3.05, 3.63) is 58.7 Å². The topological polar surface area (TPSA) is 56.0 Å². The van der Waals surface area contributed by atoms with Gasteiger partial charge in [-0.15, -0.1) is 0 Å². The van der Waals surface area contributed by atoms with Gasteiger partial charge in [-0.05, 0) is 50.1 Å². The van der Waals surface area contributed by atoms with Crippen molar-refractivity contribution < 1.29 is 5.11 Å². The van der Waals surface area contributed by atoms with Crippen LogP contribution in [0.15, 0.2) is 36.4 Å². The van der Waals surface area contributed by atoms with Crippen LogP contribution < -0.4 is 5.32 Å². The Labute approximate surface area is 119 Å². The Hall–Kier alpha value is -2.47. The SMILES string of the molecule is Cc1ccc(C(C)Nc2cc(C#N)ccc2C)c(O)c1. The standard InChI is InChI=1S/C17H18N2O/c1-11-4-7-15(17(20)8-11)13(3)19-16-9-14(10-18)6-5-12(16)2/h4-9,13,19-20H,1-3H3. The number of aryl methyl sites for hydroxylation is 2. The van der Waals surface area contributed by atoms with Crippen LogP contribution in [0.2, 0.25) is 0 Å². The fourth-order valence-corrected chi connectivity index (χ4v) is 2.18. The van der Waals surface area contributed by atoms with Crippen LogP contribution in [-0.4, -0.2) is 5.11 Å². The maximum Gasteiger partial charge on any atom is 0.121 e. The van der Waals surface area contributed by atoms with Gasteiger partial charge in [0.15, 0.2) is 0 Å². The molecule has 0 radical (unpaired) electrons. The molecule has 0 amide bonds. The van der Waals surface area contributed by atoms with E-state index < -0.39 is 0 Å². The van der Waals surface area contributed by atoms with Gasteiger partial charge in [-0.1, -0.05) is 18.2 Å². The summed E-state index contributed by atoms with van der Waals surface area (Å²) in [5.74, 6) is 0.291. The lowest BCUT2D eigenvalue weighted by Crippen LogP contribution is -2.08. The van der Waals surface area contributed by atoms with Gasteiger partial charge in [-0.25, -0.2) is 0 Å². The molecule has 20 heavy (non-hydrogen) atoms. The van der Waals surface area contributed by atoms with Crippen LogP contribution in [0.4, 0.5) is 5.69 Å². The number of hydrogen-bond donors (Lipinski definition) is 2. The van der Waals surface area contributed by atoms with Gasteiger partial charge in [0, 0.05) is 11.3 Å². The summed E-state index contributed by atoms with van der Waals surface area (Å²) < 4.78 is 0. The van der Waals surface area contributed by atoms with Crippen molar-refractivity contribution in [3.63, 3.8) is 0 Å². The van der Waals surface area contributed by atoms with Gasteiger partial charge in [-0.2, -0.15) is 5.26 Å². The van der Waals surface area contributed by atoms with Gasteiger partial charge in [0.25, 0.3) is 0 Å². The fraction of sp³-hybridized carbons (Fsp3) is 0.235. The van der Waals surface area contributed by atoms with E-state index in [1.54, 1.807) is 12.1 Å². The zero-order valence-corrected chi connectivity index (χ0v) is 11.9. The Balaban J connectivity index is 2.27. The van der Waals surface area contributed by atoms with Crippen LogP contribution in [0.5, 0.6) is 5.75 Å². The highest BCUT2D eigenvalue weighted by Crippen LogP contribution is 2.29. The molecule has 2 aromatic carbocycles. The van der Waals surface area contributed by atoms with Crippen LogP contribution in [0.1, 0.15) is 35.2 Å². The molecule has 0 saturated heterocycles. The number of aromatic hydroxyl groups is 1. The minimum absolute atomic E-state index is 0.0387. The molecule has 0 aliphatic heterocycles. The maximum absolute atomic E-state index is 10.0. The highest BCUT2D eigenvalue weighted by atomic mass is 16.3. The van der Waals surface area contributed by atoms with E-state index in [-0.39, 0.29) is 6.04 Å². The molecule has 0 saturated carbocycles. The summed E-state index contributed by atoms with van der Waals surface area (Å²) in [7, 11) is 0. The van der Waals surface area contributed by atoms with Crippen LogP contribution in [-0.2, 0) is 0 Å². The Morgan fingerprint density at radius 1 is 1.15 bits per heavy atom. The van der Waals surface area contributed by atoms with Gasteiger partial charge in [0.1, 0.15) is 5.75 Å². The maximum atomic E-state index is 10.0. The molecule has 0 aliphatic rings. The van der Waals surface area contributed by atoms with E-state index in [0.717, 1.165) is 22.4 Å². The number of benzene rings is 2. The van der Waals surface area contributed by atoms with Crippen molar-refractivity contribution in [2.45, 2.75) is 26.8 Å². The number of phenolic OH excluding ortho intramolecular Hbond substituents is 1. The molecule has 3 heteroatoms. The second-order valence-electron chi connectivity index (χ2n) is 5.07. The second-order valence-corrected chi connectivity index (χ2v) is 5.07. The largest absolute Gasteiger partial charge is 0.508 e. The zero-order valence-electron chi connectivity index (χ0n) is 11.9. The van der Waals surface area contributed by atoms with Gasteiger partial charge in [0.05, 0.1) is 17.7 Å². The first-order valence-corrected chi connectivity index (χ1v) is 6.58. The molecule has 1 unspecified atom stereocenters. The molecule has 2 rings (SSSR count). The summed E-state index contributed by atoms with van der Waals surface area (Å²) in [6, 6.07) is 13.3. The minimum Gasteiger partial charge on any atom is -0.508 e. The molecule has 0 aromatic heterocycles. The highest BCUT2D eigenvalue weighted by Gasteiger charge is 2.11. The number of nitrogens with zero attached hydrogens (tertiary/aromatic N) is 1. The molecule has 1 atom stereocenters. The Bertz CT molecular complexity index is 671. The van der Waals surface area contributed by atoms with Crippen LogP contribution in [0, 0.1) is 25.2 Å². The monoisotopic (exact) mass is 266 g/mol. The average Bonchev–Trinajstić information content (AvgIpc) is 2.41. The van der Waals surface area contributed by atoms with Crippen molar-refractivity contribution in [2.24, 2.45) is 0 Å². The lowest BCUT2D eigenvalue weighted by atomic mass is 10.0. The van der Waals surface area contributed by atoms with Crippen LogP contribution in [0.25, 0.3) is 0 Å². The molecular formula is C17H18N2O. The second kappa shape index (κ2) is 5.66. The predicted molar refractivity (Wildman–Crippen MR) is 80.8 cm³/mol. The summed E-state index contributed by atoms with van der Waals surface area (Å²) in [6.45, 7) is 5.93. The van der Waals surface area contributed by atoms with Gasteiger partial charge in [-0.3, -0.25) is 0 Å². The Kier molecular flexibility index (Phi) is 3.95. The van der Waals surface area contributed by atoms with E-state index in [2.05, 4.69) is 11.4 Å². The summed E-state index contributed by atoms with van der Waals surface area (Å²) in [5.41, 5.74) is 4.48. The first-order valence-electron chi connectivity index (χ1n) is 6.58. The van der Waals surface area contributed by atoms with Gasteiger partial charge >= 0.3 is 0 Å². The van der Waals surface area contributed by atoms with E-state index in [0.29, 0.717) is 11.3 Å². The Morgan fingerprint density at radius 3 is 2.55 bits per heavy atom. The van der Waals surface area contributed by atoms with Crippen molar-refractivity contribution in [2.75, 3.05) is 5.32 Å². The number of nitriles is 1. The number of hydrogen-bond acceptors (Lipinski definition) is 3. The smallest absolute Gasteiger partial charge is 0.121 e. The average molecular weight is 266 g/mol. The van der Waals surface area contributed by atoms with E-state index in [1.807, 2.05) is 45.0 Å². The number of phenols is 1. The number of nitrogens with one attached hydrogen (secondary N) is 1. The number of anilines is 1. The lowest BCUT2D eigenvalue weighted by Gasteiger charge is -2.19. The minimum atomic E-state index is -0.0387. The normalized spacial score (nSPS) is 11.7. The summed E-state index contributed by atoms with van der Waals surface area (Å²) in [6.07, 6.45) is 0. The first-order chi connectivity index (χ1) is 9.51. The quantitative estimate of drug-likeness (QED) is 0.881. The summed E-state index contributed by atoms with van der Waals surface area (Å²) in [4.78, 5) is 0. The third-order valence-corrected chi connectivity index (χ3v) is 3.39. The molecule has 0 fully saturated rings. The molecule has 102 valence electrons. The van der Waals surface area contributed by atoms with Crippen molar-refractivity contribution in [1.29, 1.82) is 5.26 Å². The van der Waals surface area contributed by atoms with E-state index in [1.165, 1.54) is 0 Å². The molecule has 2 aromatic rings. The van der Waals surface area contributed by atoms with E-state index in [4.69, 9.17) is 5.26 Å². The van der Waals surface area contributed by atoms with E-state index in [9.17, 15) is 5.11 Å². The van der Waals surface area contributed by atoms with Gasteiger partial charge in [0.2, 0.25) is 0 Å². The molecule has 0 spiro atoms. The lowest BCUT2D eigenvalue weighted by molar-refractivity contribution is 0.465. The predicted octanol–water partition coefficient (Wildman–Crippen LogP) is 4.05. The molecule has 0 bridgehead atoms. The summed E-state index contributed by atoms with van der Waals surface area (Å²) >= 11 is 0. The fourth-order valence-electron chi connectivity index (χ4n) is 2.18. The summed E-state index contributed by atoms with van der Waals surface area (Å²) in [5, 5.41) is 22.3. The first kappa shape index (κ1) is 14.0. The van der Waals surface area contributed by atoms with Crippen molar-refractivity contribution >= 4 is 5.69 Å². The zero-order chi connectivity index (χ0) is 14.7. The highest BCUT2D eigenvalue weighted by molar-refractivity contribution is 5.57. The van der Waals surface area contributed by atoms with Crippen molar-refractivity contribution in [3.8, 4) is 11.8 Å². The molecular weight excluding hydrogens is 248 g/mol. The Morgan fingerprint density at radius 2 is 1.90 bits per heavy atom. The molecule has 0 aliphatic carbocycles. The third-order valence-electron chi connectivity index (χ3n) is 3.39. The number of rotatable bonds is 3. The van der Waals surface area contributed by atoms with Crippen LogP contribution >= 0.6 is 0 Å².